The van der Waals surface area contributed by atoms with Crippen LogP contribution in [0.2, 0.25) is 0 Å². The summed E-state index contributed by atoms with van der Waals surface area (Å²) in [7, 11) is -4.42. The van der Waals surface area contributed by atoms with Crippen LogP contribution in [0, 0.1) is 6.92 Å². The summed E-state index contributed by atoms with van der Waals surface area (Å²) in [5.41, 5.74) is 10.1. The highest BCUT2D eigenvalue weighted by molar-refractivity contribution is 7.85. The van der Waals surface area contributed by atoms with Crippen molar-refractivity contribution in [2.75, 3.05) is 5.73 Å². The third kappa shape index (κ3) is 4.57. The first-order chi connectivity index (χ1) is 17.3. The fourth-order valence-corrected chi connectivity index (χ4v) is 4.55. The Kier molecular flexibility index (Phi) is 6.01. The third-order valence-corrected chi connectivity index (χ3v) is 6.64. The van der Waals surface area contributed by atoms with E-state index in [4.69, 9.17) is 5.73 Å². The minimum absolute atomic E-state index is 0.253. The topological polar surface area (TPSA) is 130 Å². The Morgan fingerprint density at radius 1 is 0.667 bits per heavy atom. The Labute approximate surface area is 207 Å². The van der Waals surface area contributed by atoms with Gasteiger partial charge in [0.05, 0.1) is 27.6 Å². The molecule has 5 aromatic rings. The Morgan fingerprint density at radius 2 is 1.31 bits per heavy atom. The summed E-state index contributed by atoms with van der Waals surface area (Å²) in [4.78, 5) is -0.253. The normalized spacial score (nSPS) is 12.3. The Balaban J connectivity index is 1.65. The zero-order valence-electron chi connectivity index (χ0n) is 19.2. The zero-order chi connectivity index (χ0) is 25.3. The van der Waals surface area contributed by atoms with Crippen molar-refractivity contribution in [1.29, 1.82) is 0 Å². The number of benzene rings is 5. The van der Waals surface area contributed by atoms with E-state index in [0.29, 0.717) is 39.2 Å². The summed E-state index contributed by atoms with van der Waals surface area (Å²) in [6.45, 7) is 1.98. The number of fused-ring (bicyclic) bond motifs is 2. The maximum atomic E-state index is 11.8. The van der Waals surface area contributed by atoms with E-state index in [-0.39, 0.29) is 4.90 Å². The molecule has 0 bridgehead atoms. The molecular formula is C27H21N5O3S. The molecule has 5 aromatic carbocycles. The molecule has 0 saturated carbocycles. The molecule has 0 heterocycles. The highest BCUT2D eigenvalue weighted by atomic mass is 32.2. The Morgan fingerprint density at radius 3 is 2.03 bits per heavy atom. The number of anilines is 1. The van der Waals surface area contributed by atoms with Crippen LogP contribution in [0.3, 0.4) is 0 Å². The predicted molar refractivity (Wildman–Crippen MR) is 142 cm³/mol. The number of hydrogen-bond acceptors (Lipinski definition) is 7. The van der Waals surface area contributed by atoms with Crippen LogP contribution in [-0.4, -0.2) is 13.0 Å². The van der Waals surface area contributed by atoms with Crippen LogP contribution in [0.4, 0.5) is 28.4 Å². The minimum atomic E-state index is -4.42. The molecule has 0 radical (unpaired) electrons. The van der Waals surface area contributed by atoms with Crippen LogP contribution in [0.15, 0.2) is 116 Å². The van der Waals surface area contributed by atoms with Gasteiger partial charge in [0.1, 0.15) is 0 Å². The molecule has 0 aliphatic heterocycles. The molecular weight excluding hydrogens is 474 g/mol. The van der Waals surface area contributed by atoms with Gasteiger partial charge in [-0.15, -0.1) is 15.3 Å². The monoisotopic (exact) mass is 495 g/mol. The van der Waals surface area contributed by atoms with Crippen LogP contribution in [-0.2, 0) is 10.1 Å². The largest absolute Gasteiger partial charge is 0.398 e. The summed E-state index contributed by atoms with van der Waals surface area (Å²) in [6.07, 6.45) is 0. The first-order valence-electron chi connectivity index (χ1n) is 11.0. The molecule has 0 saturated heterocycles. The molecule has 0 aromatic heterocycles. The maximum absolute atomic E-state index is 11.8. The second-order valence-electron chi connectivity index (χ2n) is 8.19. The summed E-state index contributed by atoms with van der Waals surface area (Å²) in [5, 5.41) is 20.3. The summed E-state index contributed by atoms with van der Waals surface area (Å²) < 4.78 is 33.2. The number of hydrogen-bond donors (Lipinski definition) is 2. The van der Waals surface area contributed by atoms with E-state index in [2.05, 4.69) is 20.5 Å². The Hall–Kier alpha value is -4.47. The van der Waals surface area contributed by atoms with Crippen molar-refractivity contribution < 1.29 is 13.0 Å². The first-order valence-corrected chi connectivity index (χ1v) is 12.5. The van der Waals surface area contributed by atoms with Gasteiger partial charge in [0.2, 0.25) is 0 Å². The van der Waals surface area contributed by atoms with Gasteiger partial charge in [0, 0.05) is 27.2 Å². The summed E-state index contributed by atoms with van der Waals surface area (Å²) >= 11 is 0. The lowest BCUT2D eigenvalue weighted by atomic mass is 10.0. The number of nitrogens with zero attached hydrogens (tertiary/aromatic N) is 4. The number of azo groups is 2. The summed E-state index contributed by atoms with van der Waals surface area (Å²) in [6, 6.07) is 26.3. The molecule has 0 unspecified atom stereocenters. The maximum Gasteiger partial charge on any atom is 0.294 e. The van der Waals surface area contributed by atoms with Crippen LogP contribution in [0.5, 0.6) is 0 Å². The van der Waals surface area contributed by atoms with Crippen molar-refractivity contribution in [3.8, 4) is 0 Å². The van der Waals surface area contributed by atoms with Crippen LogP contribution in [0.25, 0.3) is 21.5 Å². The quantitative estimate of drug-likeness (QED) is 0.145. The third-order valence-electron chi connectivity index (χ3n) is 5.79. The van der Waals surface area contributed by atoms with E-state index >= 15 is 0 Å². The molecule has 8 nitrogen and oxygen atoms in total. The molecule has 3 N–H and O–H groups in total. The highest BCUT2D eigenvalue weighted by Gasteiger charge is 2.14. The van der Waals surface area contributed by atoms with Gasteiger partial charge in [-0.2, -0.15) is 13.5 Å². The van der Waals surface area contributed by atoms with E-state index in [1.807, 2.05) is 55.5 Å². The van der Waals surface area contributed by atoms with E-state index in [9.17, 15) is 13.0 Å². The lowest BCUT2D eigenvalue weighted by molar-refractivity contribution is 0.483. The molecule has 0 amide bonds. The van der Waals surface area contributed by atoms with E-state index in [0.717, 1.165) is 16.3 Å². The van der Waals surface area contributed by atoms with Gasteiger partial charge >= 0.3 is 0 Å². The highest BCUT2D eigenvalue weighted by Crippen LogP contribution is 2.38. The van der Waals surface area contributed by atoms with Gasteiger partial charge in [-0.25, -0.2) is 0 Å². The second kappa shape index (κ2) is 9.29. The molecule has 0 aliphatic rings. The van der Waals surface area contributed by atoms with Crippen molar-refractivity contribution in [3.63, 3.8) is 0 Å². The van der Waals surface area contributed by atoms with Crippen LogP contribution in [0.1, 0.15) is 5.56 Å². The van der Waals surface area contributed by atoms with Gasteiger partial charge in [0.25, 0.3) is 10.1 Å². The molecule has 0 atom stereocenters. The zero-order valence-corrected chi connectivity index (χ0v) is 20.0. The van der Waals surface area contributed by atoms with Gasteiger partial charge in [-0.3, -0.25) is 4.55 Å². The van der Waals surface area contributed by atoms with Crippen LogP contribution >= 0.6 is 0 Å². The average Bonchev–Trinajstić information content (AvgIpc) is 2.87. The van der Waals surface area contributed by atoms with Crippen molar-refractivity contribution in [2.24, 2.45) is 20.5 Å². The molecule has 36 heavy (non-hydrogen) atoms. The average molecular weight is 496 g/mol. The molecule has 9 heteroatoms. The number of nitrogens with two attached hydrogens (primary N) is 1. The number of nitrogen functional groups attached to an aromatic ring is 1. The van der Waals surface area contributed by atoms with E-state index in [1.54, 1.807) is 30.3 Å². The number of rotatable bonds is 5. The van der Waals surface area contributed by atoms with Gasteiger partial charge < -0.3 is 5.73 Å². The van der Waals surface area contributed by atoms with E-state index in [1.165, 1.54) is 12.1 Å². The fraction of sp³-hybridized carbons (Fsp3) is 0.0370. The van der Waals surface area contributed by atoms with Crippen molar-refractivity contribution in [2.45, 2.75) is 11.8 Å². The number of aryl methyl sites for hydroxylation is 1. The lowest BCUT2D eigenvalue weighted by Crippen LogP contribution is -1.97. The fourth-order valence-electron chi connectivity index (χ4n) is 4.04. The molecule has 0 fully saturated rings. The van der Waals surface area contributed by atoms with Gasteiger partial charge in [-0.1, -0.05) is 42.5 Å². The first kappa shape index (κ1) is 23.3. The second-order valence-corrected chi connectivity index (χ2v) is 9.61. The van der Waals surface area contributed by atoms with Gasteiger partial charge in [0.15, 0.2) is 0 Å². The van der Waals surface area contributed by atoms with E-state index < -0.39 is 10.1 Å². The smallest absolute Gasteiger partial charge is 0.294 e. The molecule has 0 spiro atoms. The SMILES string of the molecule is Cc1cccc2c(/N=N/c3ccc(/N=N/c4ccccc4)c4ccc(S(=O)(=O)O)cc34)ccc(N)c12. The molecule has 5 rings (SSSR count). The van der Waals surface area contributed by atoms with Gasteiger partial charge in [-0.05, 0) is 61.0 Å². The predicted octanol–water partition coefficient (Wildman–Crippen LogP) is 7.96. The standard InChI is InChI=1S/C27H21N5O3S/c1-17-6-5-9-21-25(13-12-23(28)27(17)21)31-32-26-15-14-24(30-29-18-7-3-2-4-8-18)20-11-10-19(16-22(20)26)36(33,34)35/h2-16H,28H2,1H3,(H,33,34,35)/b30-29+,32-31+. The summed E-state index contributed by atoms with van der Waals surface area (Å²) in [5.74, 6) is 0. The van der Waals surface area contributed by atoms with Crippen molar-refractivity contribution in [3.05, 3.63) is 96.6 Å². The Bertz CT molecular complexity index is 1770. The van der Waals surface area contributed by atoms with Crippen molar-refractivity contribution in [1.82, 2.24) is 0 Å². The van der Waals surface area contributed by atoms with Crippen LogP contribution < -0.4 is 5.73 Å². The molecule has 178 valence electrons. The molecule has 0 aliphatic carbocycles. The minimum Gasteiger partial charge on any atom is -0.398 e. The lowest BCUT2D eigenvalue weighted by Gasteiger charge is -2.08. The van der Waals surface area contributed by atoms with Crippen molar-refractivity contribution >= 4 is 60.1 Å².